The minimum atomic E-state index is -3.68. The van der Waals surface area contributed by atoms with E-state index in [4.69, 9.17) is 0 Å². The molecule has 21 heavy (non-hydrogen) atoms. The second-order valence-electron chi connectivity index (χ2n) is 4.49. The van der Waals surface area contributed by atoms with Crippen molar-refractivity contribution in [3.8, 4) is 5.75 Å². The van der Waals surface area contributed by atoms with Gasteiger partial charge in [0.1, 0.15) is 5.75 Å². The van der Waals surface area contributed by atoms with E-state index < -0.39 is 10.0 Å². The minimum Gasteiger partial charge on any atom is -0.506 e. The van der Waals surface area contributed by atoms with E-state index in [1.165, 1.54) is 18.3 Å². The molecule has 0 bridgehead atoms. The molecule has 6 nitrogen and oxygen atoms in total. The largest absolute Gasteiger partial charge is 0.506 e. The predicted molar refractivity (Wildman–Crippen MR) is 77.0 cm³/mol. The van der Waals surface area contributed by atoms with E-state index in [2.05, 4.69) is 9.71 Å². The number of rotatable bonds is 5. The SMILES string of the molecule is Cc1ncc(CO)c(CNS(=O)(=O)c2ccccc2)c1O. The predicted octanol–water partition coefficient (Wildman–Crippen LogP) is 1.07. The van der Waals surface area contributed by atoms with Gasteiger partial charge in [0, 0.05) is 23.9 Å². The second-order valence-corrected chi connectivity index (χ2v) is 6.26. The first-order chi connectivity index (χ1) is 9.95. The van der Waals surface area contributed by atoms with Crippen molar-refractivity contribution in [1.29, 1.82) is 0 Å². The standard InChI is InChI=1S/C14H16N2O4S/c1-10-14(18)13(11(9-17)7-15-10)8-16-21(19,20)12-5-3-2-4-6-12/h2-7,16-18H,8-9H2,1H3. The van der Waals surface area contributed by atoms with Crippen LogP contribution in [0.1, 0.15) is 16.8 Å². The van der Waals surface area contributed by atoms with Gasteiger partial charge in [-0.05, 0) is 19.1 Å². The van der Waals surface area contributed by atoms with Crippen molar-refractivity contribution in [3.63, 3.8) is 0 Å². The highest BCUT2D eigenvalue weighted by atomic mass is 32.2. The average molecular weight is 308 g/mol. The van der Waals surface area contributed by atoms with Gasteiger partial charge in [0.05, 0.1) is 17.2 Å². The van der Waals surface area contributed by atoms with E-state index in [1.54, 1.807) is 25.1 Å². The van der Waals surface area contributed by atoms with E-state index in [0.717, 1.165) is 0 Å². The van der Waals surface area contributed by atoms with Gasteiger partial charge in [0.25, 0.3) is 0 Å². The highest BCUT2D eigenvalue weighted by Crippen LogP contribution is 2.24. The van der Waals surface area contributed by atoms with Crippen molar-refractivity contribution < 1.29 is 18.6 Å². The smallest absolute Gasteiger partial charge is 0.240 e. The Balaban J connectivity index is 2.26. The van der Waals surface area contributed by atoms with Crippen LogP contribution >= 0.6 is 0 Å². The molecule has 0 saturated heterocycles. The molecule has 1 heterocycles. The lowest BCUT2D eigenvalue weighted by atomic mass is 10.1. The Hall–Kier alpha value is -1.96. The summed E-state index contributed by atoms with van der Waals surface area (Å²) in [4.78, 5) is 4.07. The van der Waals surface area contributed by atoms with Crippen LogP contribution in [0.25, 0.3) is 0 Å². The summed E-state index contributed by atoms with van der Waals surface area (Å²) >= 11 is 0. The van der Waals surface area contributed by atoms with Crippen LogP contribution in [-0.4, -0.2) is 23.6 Å². The Kier molecular flexibility index (Phi) is 4.56. The molecule has 0 atom stereocenters. The summed E-state index contributed by atoms with van der Waals surface area (Å²) in [5.41, 5.74) is 1.08. The van der Waals surface area contributed by atoms with E-state index in [-0.39, 0.29) is 23.8 Å². The van der Waals surface area contributed by atoms with Crippen molar-refractivity contribution in [2.45, 2.75) is 25.0 Å². The first-order valence-corrected chi connectivity index (χ1v) is 7.76. The van der Waals surface area contributed by atoms with Gasteiger partial charge in [0.15, 0.2) is 0 Å². The Morgan fingerprint density at radius 1 is 1.24 bits per heavy atom. The van der Waals surface area contributed by atoms with E-state index >= 15 is 0 Å². The summed E-state index contributed by atoms with van der Waals surface area (Å²) in [6, 6.07) is 7.93. The molecule has 0 unspecified atom stereocenters. The van der Waals surface area contributed by atoms with Gasteiger partial charge in [-0.2, -0.15) is 0 Å². The molecular formula is C14H16N2O4S. The number of hydrogen-bond acceptors (Lipinski definition) is 5. The molecule has 7 heteroatoms. The topological polar surface area (TPSA) is 99.5 Å². The van der Waals surface area contributed by atoms with Crippen molar-refractivity contribution in [3.05, 3.63) is 53.3 Å². The Labute approximate surface area is 123 Å². The fourth-order valence-electron chi connectivity index (χ4n) is 1.87. The first-order valence-electron chi connectivity index (χ1n) is 6.27. The van der Waals surface area contributed by atoms with Crippen LogP contribution in [-0.2, 0) is 23.2 Å². The lowest BCUT2D eigenvalue weighted by Crippen LogP contribution is -2.24. The van der Waals surface area contributed by atoms with Crippen LogP contribution in [0.3, 0.4) is 0 Å². The number of nitrogens with one attached hydrogen (secondary N) is 1. The van der Waals surface area contributed by atoms with Crippen LogP contribution in [0, 0.1) is 6.92 Å². The normalized spacial score (nSPS) is 11.5. The van der Waals surface area contributed by atoms with Crippen molar-refractivity contribution in [2.75, 3.05) is 0 Å². The number of pyridine rings is 1. The van der Waals surface area contributed by atoms with Crippen molar-refractivity contribution >= 4 is 10.0 Å². The zero-order valence-corrected chi connectivity index (χ0v) is 12.3. The molecule has 0 aliphatic heterocycles. The molecule has 0 aliphatic rings. The molecule has 0 amide bonds. The molecule has 0 fully saturated rings. The number of aliphatic hydroxyl groups excluding tert-OH is 1. The number of aliphatic hydroxyl groups is 1. The first kappa shape index (κ1) is 15.4. The zero-order valence-electron chi connectivity index (χ0n) is 11.4. The van der Waals surface area contributed by atoms with E-state index in [9.17, 15) is 18.6 Å². The number of aryl methyl sites for hydroxylation is 1. The highest BCUT2D eigenvalue weighted by molar-refractivity contribution is 7.89. The van der Waals surface area contributed by atoms with Crippen LogP contribution < -0.4 is 4.72 Å². The lowest BCUT2D eigenvalue weighted by molar-refractivity contribution is 0.279. The third kappa shape index (κ3) is 3.38. The van der Waals surface area contributed by atoms with Crippen molar-refractivity contribution in [1.82, 2.24) is 9.71 Å². The molecule has 112 valence electrons. The molecule has 0 radical (unpaired) electrons. The maximum absolute atomic E-state index is 12.1. The fourth-order valence-corrected chi connectivity index (χ4v) is 2.88. The van der Waals surface area contributed by atoms with Gasteiger partial charge >= 0.3 is 0 Å². The summed E-state index contributed by atoms with van der Waals surface area (Å²) in [5.74, 6) is -0.114. The van der Waals surface area contributed by atoms with E-state index in [1.807, 2.05) is 0 Å². The van der Waals surface area contributed by atoms with Crippen LogP contribution in [0.4, 0.5) is 0 Å². The second kappa shape index (κ2) is 6.21. The van der Waals surface area contributed by atoms with Gasteiger partial charge in [-0.3, -0.25) is 4.98 Å². The number of hydrogen-bond donors (Lipinski definition) is 3. The third-order valence-corrected chi connectivity index (χ3v) is 4.51. The van der Waals surface area contributed by atoms with Gasteiger partial charge in [-0.1, -0.05) is 18.2 Å². The third-order valence-electron chi connectivity index (χ3n) is 3.09. The minimum absolute atomic E-state index is 0.114. The Bertz CT molecular complexity index is 730. The number of sulfonamides is 1. The molecule has 0 saturated carbocycles. The number of benzene rings is 1. The molecule has 3 N–H and O–H groups in total. The van der Waals surface area contributed by atoms with Gasteiger partial charge in [-0.15, -0.1) is 0 Å². The Morgan fingerprint density at radius 2 is 1.90 bits per heavy atom. The Morgan fingerprint density at radius 3 is 2.52 bits per heavy atom. The van der Waals surface area contributed by atoms with Crippen LogP contribution in [0.15, 0.2) is 41.4 Å². The lowest BCUT2D eigenvalue weighted by Gasteiger charge is -2.12. The van der Waals surface area contributed by atoms with Crippen molar-refractivity contribution in [2.24, 2.45) is 0 Å². The molecular weight excluding hydrogens is 292 g/mol. The van der Waals surface area contributed by atoms with E-state index in [0.29, 0.717) is 16.8 Å². The number of nitrogens with zero attached hydrogens (tertiary/aromatic N) is 1. The van der Waals surface area contributed by atoms with Gasteiger partial charge < -0.3 is 10.2 Å². The fraction of sp³-hybridized carbons (Fsp3) is 0.214. The summed E-state index contributed by atoms with van der Waals surface area (Å²) in [6.45, 7) is 1.15. The van der Waals surface area contributed by atoms with Crippen LogP contribution in [0.2, 0.25) is 0 Å². The molecule has 0 aliphatic carbocycles. The molecule has 1 aromatic carbocycles. The quantitative estimate of drug-likeness (QED) is 0.767. The van der Waals surface area contributed by atoms with Crippen LogP contribution in [0.5, 0.6) is 5.75 Å². The summed E-state index contributed by atoms with van der Waals surface area (Å²) in [7, 11) is -3.68. The summed E-state index contributed by atoms with van der Waals surface area (Å²) in [5, 5.41) is 19.2. The number of aromatic hydroxyl groups is 1. The van der Waals surface area contributed by atoms with Gasteiger partial charge in [-0.25, -0.2) is 13.1 Å². The number of aromatic nitrogens is 1. The molecule has 2 rings (SSSR count). The molecule has 2 aromatic rings. The maximum Gasteiger partial charge on any atom is 0.240 e. The maximum atomic E-state index is 12.1. The summed E-state index contributed by atoms with van der Waals surface area (Å²) in [6.07, 6.45) is 1.42. The zero-order chi connectivity index (χ0) is 15.5. The van der Waals surface area contributed by atoms with Gasteiger partial charge in [0.2, 0.25) is 10.0 Å². The average Bonchev–Trinajstić information content (AvgIpc) is 2.49. The molecule has 1 aromatic heterocycles. The summed E-state index contributed by atoms with van der Waals surface area (Å²) < 4.78 is 26.7. The molecule has 0 spiro atoms. The highest BCUT2D eigenvalue weighted by Gasteiger charge is 2.17. The monoisotopic (exact) mass is 308 g/mol.